The summed E-state index contributed by atoms with van der Waals surface area (Å²) in [5.41, 5.74) is 0.269. The van der Waals surface area contributed by atoms with Gasteiger partial charge in [-0.3, -0.25) is 0 Å². The molecule has 2 rings (SSSR count). The molecule has 0 spiro atoms. The van der Waals surface area contributed by atoms with Crippen LogP contribution < -0.4 is 5.32 Å². The molecule has 5 heteroatoms. The molecule has 0 amide bonds. The molecular weight excluding hydrogens is 249 g/mol. The van der Waals surface area contributed by atoms with E-state index in [0.717, 1.165) is 0 Å². The van der Waals surface area contributed by atoms with Gasteiger partial charge in [-0.2, -0.15) is 0 Å². The lowest BCUT2D eigenvalue weighted by Gasteiger charge is -2.12. The van der Waals surface area contributed by atoms with Crippen molar-refractivity contribution >= 4 is 0 Å². The number of hydrogen-bond acceptors (Lipinski definition) is 4. The van der Waals surface area contributed by atoms with Crippen molar-refractivity contribution in [2.24, 2.45) is 0 Å². The molecule has 2 aromatic rings. The first kappa shape index (κ1) is 13.7. The quantitative estimate of drug-likeness (QED) is 0.744. The van der Waals surface area contributed by atoms with E-state index in [1.165, 1.54) is 6.07 Å². The Morgan fingerprint density at radius 2 is 1.89 bits per heavy atom. The lowest BCUT2D eigenvalue weighted by molar-refractivity contribution is 0.168. The zero-order valence-corrected chi connectivity index (χ0v) is 10.3. The topological polar surface area (TPSA) is 65.6 Å². The molecule has 0 aliphatic carbocycles. The second kappa shape index (κ2) is 6.47. The van der Waals surface area contributed by atoms with Crippen molar-refractivity contribution in [2.45, 2.75) is 19.3 Å². The first-order valence-corrected chi connectivity index (χ1v) is 6.02. The standard InChI is InChI=1S/C14H16FNO3/c15-13-4-2-1-3-12(13)14(18)8-16-7-10-5-6-11(9-17)19-10/h1-6,14,16-18H,7-9H2. The van der Waals surface area contributed by atoms with Crippen LogP contribution in [0.25, 0.3) is 0 Å². The van der Waals surface area contributed by atoms with E-state index in [1.54, 1.807) is 30.3 Å². The Kier molecular flexibility index (Phi) is 4.68. The van der Waals surface area contributed by atoms with Crippen LogP contribution in [0.5, 0.6) is 0 Å². The average molecular weight is 265 g/mol. The summed E-state index contributed by atoms with van der Waals surface area (Å²) in [6, 6.07) is 9.56. The largest absolute Gasteiger partial charge is 0.462 e. The minimum atomic E-state index is -0.909. The fourth-order valence-electron chi connectivity index (χ4n) is 1.79. The highest BCUT2D eigenvalue weighted by Crippen LogP contribution is 2.16. The van der Waals surface area contributed by atoms with Crippen LogP contribution in [0.3, 0.4) is 0 Å². The maximum Gasteiger partial charge on any atom is 0.129 e. The van der Waals surface area contributed by atoms with Gasteiger partial charge in [0.1, 0.15) is 23.9 Å². The number of halogens is 1. The van der Waals surface area contributed by atoms with E-state index < -0.39 is 11.9 Å². The molecule has 1 aromatic heterocycles. The van der Waals surface area contributed by atoms with Gasteiger partial charge in [0.25, 0.3) is 0 Å². The molecule has 3 N–H and O–H groups in total. The fourth-order valence-corrected chi connectivity index (χ4v) is 1.79. The van der Waals surface area contributed by atoms with Gasteiger partial charge >= 0.3 is 0 Å². The fraction of sp³-hybridized carbons (Fsp3) is 0.286. The zero-order valence-electron chi connectivity index (χ0n) is 10.3. The number of nitrogens with one attached hydrogen (secondary N) is 1. The highest BCUT2D eigenvalue weighted by atomic mass is 19.1. The van der Waals surface area contributed by atoms with Crippen LogP contribution in [0.15, 0.2) is 40.8 Å². The molecule has 0 bridgehead atoms. The Hall–Kier alpha value is -1.69. The smallest absolute Gasteiger partial charge is 0.129 e. The number of rotatable bonds is 6. The molecule has 1 heterocycles. The summed E-state index contributed by atoms with van der Waals surface area (Å²) in [5, 5.41) is 21.7. The third kappa shape index (κ3) is 3.64. The van der Waals surface area contributed by atoms with Crippen molar-refractivity contribution in [1.82, 2.24) is 5.32 Å². The Balaban J connectivity index is 1.84. The van der Waals surface area contributed by atoms with Gasteiger partial charge in [0, 0.05) is 12.1 Å². The lowest BCUT2D eigenvalue weighted by atomic mass is 10.1. The van der Waals surface area contributed by atoms with Crippen molar-refractivity contribution in [2.75, 3.05) is 6.54 Å². The van der Waals surface area contributed by atoms with Crippen LogP contribution in [0.4, 0.5) is 4.39 Å². The Bertz CT molecular complexity index is 527. The van der Waals surface area contributed by atoms with Gasteiger partial charge in [-0.1, -0.05) is 18.2 Å². The average Bonchev–Trinajstić information content (AvgIpc) is 2.87. The minimum absolute atomic E-state index is 0.141. The van der Waals surface area contributed by atoms with E-state index in [1.807, 2.05) is 0 Å². The maximum absolute atomic E-state index is 13.4. The monoisotopic (exact) mass is 265 g/mol. The highest BCUT2D eigenvalue weighted by Gasteiger charge is 2.11. The molecule has 1 atom stereocenters. The molecule has 0 fully saturated rings. The Labute approximate surface area is 110 Å². The minimum Gasteiger partial charge on any atom is -0.462 e. The molecule has 1 unspecified atom stereocenters. The SMILES string of the molecule is OCc1ccc(CNCC(O)c2ccccc2F)o1. The molecular formula is C14H16FNO3. The maximum atomic E-state index is 13.4. The van der Waals surface area contributed by atoms with Crippen molar-refractivity contribution in [3.8, 4) is 0 Å². The van der Waals surface area contributed by atoms with Crippen LogP contribution in [-0.4, -0.2) is 16.8 Å². The van der Waals surface area contributed by atoms with E-state index in [0.29, 0.717) is 18.1 Å². The predicted molar refractivity (Wildman–Crippen MR) is 67.7 cm³/mol. The molecule has 0 saturated heterocycles. The summed E-state index contributed by atoms with van der Waals surface area (Å²) < 4.78 is 18.7. The summed E-state index contributed by atoms with van der Waals surface area (Å²) in [6.07, 6.45) is -0.909. The van der Waals surface area contributed by atoms with Crippen molar-refractivity contribution in [3.05, 3.63) is 59.3 Å². The molecule has 4 nitrogen and oxygen atoms in total. The molecule has 0 aliphatic heterocycles. The summed E-state index contributed by atoms with van der Waals surface area (Å²) in [6.45, 7) is 0.486. The summed E-state index contributed by atoms with van der Waals surface area (Å²) in [7, 11) is 0. The Morgan fingerprint density at radius 3 is 2.58 bits per heavy atom. The van der Waals surface area contributed by atoms with Crippen LogP contribution in [0.1, 0.15) is 23.2 Å². The van der Waals surface area contributed by atoms with Crippen LogP contribution >= 0.6 is 0 Å². The second-order valence-corrected chi connectivity index (χ2v) is 4.19. The normalized spacial score (nSPS) is 12.6. The van der Waals surface area contributed by atoms with Crippen molar-refractivity contribution < 1.29 is 19.0 Å². The Morgan fingerprint density at radius 1 is 1.16 bits per heavy atom. The van der Waals surface area contributed by atoms with Crippen LogP contribution in [-0.2, 0) is 13.2 Å². The van der Waals surface area contributed by atoms with Gasteiger partial charge < -0.3 is 19.9 Å². The third-order valence-corrected chi connectivity index (χ3v) is 2.77. The van der Waals surface area contributed by atoms with Gasteiger partial charge in [-0.15, -0.1) is 0 Å². The van der Waals surface area contributed by atoms with Gasteiger partial charge in [-0.25, -0.2) is 4.39 Å². The van der Waals surface area contributed by atoms with E-state index in [2.05, 4.69) is 5.32 Å². The van der Waals surface area contributed by atoms with Gasteiger partial charge in [0.05, 0.1) is 12.6 Å². The number of aliphatic hydroxyl groups is 2. The molecule has 102 valence electrons. The van der Waals surface area contributed by atoms with E-state index in [4.69, 9.17) is 9.52 Å². The van der Waals surface area contributed by atoms with E-state index in [-0.39, 0.29) is 18.7 Å². The molecule has 0 aliphatic rings. The molecule has 19 heavy (non-hydrogen) atoms. The van der Waals surface area contributed by atoms with Gasteiger partial charge in [-0.05, 0) is 18.2 Å². The van der Waals surface area contributed by atoms with Gasteiger partial charge in [0.2, 0.25) is 0 Å². The first-order chi connectivity index (χ1) is 9.20. The molecule has 0 radical (unpaired) electrons. The first-order valence-electron chi connectivity index (χ1n) is 6.02. The predicted octanol–water partition coefficient (Wildman–Crippen LogP) is 1.73. The number of benzene rings is 1. The lowest BCUT2D eigenvalue weighted by Crippen LogP contribution is -2.21. The van der Waals surface area contributed by atoms with Crippen molar-refractivity contribution in [1.29, 1.82) is 0 Å². The summed E-state index contributed by atoms with van der Waals surface area (Å²) in [5.74, 6) is 0.730. The number of hydrogen-bond donors (Lipinski definition) is 3. The second-order valence-electron chi connectivity index (χ2n) is 4.19. The zero-order chi connectivity index (χ0) is 13.7. The van der Waals surface area contributed by atoms with Crippen LogP contribution in [0.2, 0.25) is 0 Å². The summed E-state index contributed by atoms with van der Waals surface area (Å²) in [4.78, 5) is 0. The van der Waals surface area contributed by atoms with E-state index in [9.17, 15) is 9.50 Å². The summed E-state index contributed by atoms with van der Waals surface area (Å²) >= 11 is 0. The number of aliphatic hydroxyl groups excluding tert-OH is 2. The molecule has 1 aromatic carbocycles. The third-order valence-electron chi connectivity index (χ3n) is 2.77. The van der Waals surface area contributed by atoms with Gasteiger partial charge in [0.15, 0.2) is 0 Å². The van der Waals surface area contributed by atoms with Crippen LogP contribution in [0, 0.1) is 5.82 Å². The van der Waals surface area contributed by atoms with E-state index >= 15 is 0 Å². The number of furan rings is 1. The van der Waals surface area contributed by atoms with Crippen molar-refractivity contribution in [3.63, 3.8) is 0 Å². The highest BCUT2D eigenvalue weighted by molar-refractivity contribution is 5.20. The molecule has 0 saturated carbocycles.